The number of carbonyl (C=O) groups is 1. The van der Waals surface area contributed by atoms with E-state index < -0.39 is 5.97 Å². The summed E-state index contributed by atoms with van der Waals surface area (Å²) in [5, 5.41) is 4.89. The first-order valence-corrected chi connectivity index (χ1v) is 9.57. The lowest BCUT2D eigenvalue weighted by molar-refractivity contribution is -0.129. The van der Waals surface area contributed by atoms with Gasteiger partial charge in [0.1, 0.15) is 5.15 Å². The van der Waals surface area contributed by atoms with Crippen molar-refractivity contribution in [2.75, 3.05) is 0 Å². The minimum atomic E-state index is -0.508. The molecule has 0 atom stereocenters. The number of hydrogen-bond donors (Lipinski definition) is 0. The van der Waals surface area contributed by atoms with Crippen molar-refractivity contribution in [1.82, 2.24) is 9.78 Å². The van der Waals surface area contributed by atoms with Crippen molar-refractivity contribution in [3.8, 4) is 5.69 Å². The molecule has 7 heteroatoms. The van der Waals surface area contributed by atoms with Crippen LogP contribution in [0.2, 0.25) is 5.15 Å². The van der Waals surface area contributed by atoms with Crippen molar-refractivity contribution in [3.63, 3.8) is 0 Å². The molecule has 0 bridgehead atoms. The highest BCUT2D eigenvalue weighted by Gasteiger charge is 2.25. The lowest BCUT2D eigenvalue weighted by Gasteiger charge is -2.01. The third kappa shape index (κ3) is 3.54. The van der Waals surface area contributed by atoms with E-state index in [1.165, 1.54) is 0 Å². The number of ether oxygens (including phenoxy) is 1. The van der Waals surface area contributed by atoms with Crippen LogP contribution in [0.25, 0.3) is 11.8 Å². The number of carbonyl (C=O) groups excluding carboxylic acids is 1. The van der Waals surface area contributed by atoms with Crippen molar-refractivity contribution in [2.24, 2.45) is 4.99 Å². The second-order valence-corrected chi connectivity index (χ2v) is 7.48. The highest BCUT2D eigenvalue weighted by Crippen LogP contribution is 2.28. The van der Waals surface area contributed by atoms with Gasteiger partial charge in [0.15, 0.2) is 5.70 Å². The molecular formula is C20H13ClIN3O2. The van der Waals surface area contributed by atoms with Gasteiger partial charge in [-0.3, -0.25) is 0 Å². The molecule has 0 saturated carbocycles. The Bertz CT molecular complexity index is 1090. The van der Waals surface area contributed by atoms with Crippen LogP contribution >= 0.6 is 34.2 Å². The van der Waals surface area contributed by atoms with Gasteiger partial charge in [-0.1, -0.05) is 29.8 Å². The van der Waals surface area contributed by atoms with Gasteiger partial charge in [0.05, 0.1) is 11.4 Å². The fourth-order valence-corrected chi connectivity index (χ4v) is 3.36. The van der Waals surface area contributed by atoms with Gasteiger partial charge in [0.25, 0.3) is 0 Å². The maximum absolute atomic E-state index is 12.3. The number of cyclic esters (lactones) is 1. The molecule has 0 N–H and O–H groups in total. The Kier molecular flexibility index (Phi) is 4.84. The molecule has 0 amide bonds. The number of aliphatic imine (C=N–C) groups is 1. The molecule has 134 valence electrons. The summed E-state index contributed by atoms with van der Waals surface area (Å²) in [7, 11) is 0. The summed E-state index contributed by atoms with van der Waals surface area (Å²) in [5.74, 6) is -0.224. The molecule has 0 aliphatic carbocycles. The van der Waals surface area contributed by atoms with Crippen LogP contribution in [0.15, 0.2) is 65.3 Å². The zero-order valence-corrected chi connectivity index (χ0v) is 17.1. The van der Waals surface area contributed by atoms with Crippen molar-refractivity contribution >= 4 is 52.1 Å². The van der Waals surface area contributed by atoms with Gasteiger partial charge in [-0.05, 0) is 72.0 Å². The average molecular weight is 490 g/mol. The Morgan fingerprint density at radius 2 is 1.81 bits per heavy atom. The van der Waals surface area contributed by atoms with Crippen LogP contribution in [0.3, 0.4) is 0 Å². The number of aryl methyl sites for hydroxylation is 1. The van der Waals surface area contributed by atoms with Crippen LogP contribution in [-0.4, -0.2) is 21.6 Å². The highest BCUT2D eigenvalue weighted by atomic mass is 127. The van der Waals surface area contributed by atoms with Crippen LogP contribution in [0.5, 0.6) is 0 Å². The second-order valence-electron chi connectivity index (χ2n) is 5.88. The first-order valence-electron chi connectivity index (χ1n) is 8.12. The fourth-order valence-electron chi connectivity index (χ4n) is 2.68. The van der Waals surface area contributed by atoms with E-state index in [4.69, 9.17) is 16.3 Å². The van der Waals surface area contributed by atoms with Crippen molar-refractivity contribution in [2.45, 2.75) is 6.92 Å². The molecule has 2 heterocycles. The lowest BCUT2D eigenvalue weighted by Crippen LogP contribution is -2.05. The molecule has 0 fully saturated rings. The molecule has 0 spiro atoms. The Morgan fingerprint density at radius 3 is 2.52 bits per heavy atom. The van der Waals surface area contributed by atoms with E-state index in [1.807, 2.05) is 61.5 Å². The maximum Gasteiger partial charge on any atom is 0.363 e. The third-order valence-electron chi connectivity index (χ3n) is 4.04. The molecule has 0 unspecified atom stereocenters. The third-order valence-corrected chi connectivity index (χ3v) is 5.12. The molecule has 1 aliphatic rings. The van der Waals surface area contributed by atoms with E-state index in [1.54, 1.807) is 10.8 Å². The smallest absolute Gasteiger partial charge is 0.363 e. The molecule has 5 nitrogen and oxygen atoms in total. The summed E-state index contributed by atoms with van der Waals surface area (Å²) in [6.45, 7) is 1.84. The summed E-state index contributed by atoms with van der Waals surface area (Å²) in [6.07, 6.45) is 1.62. The van der Waals surface area contributed by atoms with Gasteiger partial charge in [-0.15, -0.1) is 0 Å². The molecule has 2 aromatic carbocycles. The number of aromatic nitrogens is 2. The number of halogens is 2. The molecule has 1 aliphatic heterocycles. The first kappa shape index (κ1) is 17.9. The predicted molar refractivity (Wildman–Crippen MR) is 113 cm³/mol. The molecule has 1 aromatic heterocycles. The minimum absolute atomic E-state index is 0.196. The quantitative estimate of drug-likeness (QED) is 0.302. The Hall–Kier alpha value is -2.45. The van der Waals surface area contributed by atoms with Crippen molar-refractivity contribution in [1.29, 1.82) is 0 Å². The van der Waals surface area contributed by atoms with Crippen LogP contribution < -0.4 is 0 Å². The van der Waals surface area contributed by atoms with E-state index in [0.717, 1.165) is 14.8 Å². The topological polar surface area (TPSA) is 56.5 Å². The summed E-state index contributed by atoms with van der Waals surface area (Å²) < 4.78 is 8.04. The lowest BCUT2D eigenvalue weighted by atomic mass is 10.2. The van der Waals surface area contributed by atoms with Crippen LogP contribution in [0.1, 0.15) is 16.8 Å². The zero-order chi connectivity index (χ0) is 19.0. The highest BCUT2D eigenvalue weighted by molar-refractivity contribution is 14.1. The van der Waals surface area contributed by atoms with Gasteiger partial charge in [0.2, 0.25) is 5.90 Å². The number of para-hydroxylation sites is 1. The average Bonchev–Trinajstić information content (AvgIpc) is 3.18. The largest absolute Gasteiger partial charge is 0.402 e. The second kappa shape index (κ2) is 7.28. The summed E-state index contributed by atoms with van der Waals surface area (Å²) in [6, 6.07) is 17.1. The van der Waals surface area contributed by atoms with Gasteiger partial charge in [-0.2, -0.15) is 5.10 Å². The number of hydrogen-bond acceptors (Lipinski definition) is 4. The van der Waals surface area contributed by atoms with E-state index in [-0.39, 0.29) is 11.6 Å². The van der Waals surface area contributed by atoms with E-state index in [2.05, 4.69) is 32.7 Å². The van der Waals surface area contributed by atoms with E-state index >= 15 is 0 Å². The van der Waals surface area contributed by atoms with E-state index in [0.29, 0.717) is 16.4 Å². The maximum atomic E-state index is 12.3. The van der Waals surface area contributed by atoms with Crippen LogP contribution in [-0.2, 0) is 9.53 Å². The molecule has 27 heavy (non-hydrogen) atoms. The predicted octanol–water partition coefficient (Wildman–Crippen LogP) is 4.78. The Balaban J connectivity index is 1.72. The first-order chi connectivity index (χ1) is 13.0. The van der Waals surface area contributed by atoms with Gasteiger partial charge < -0.3 is 4.74 Å². The van der Waals surface area contributed by atoms with Crippen molar-refractivity contribution < 1.29 is 9.53 Å². The fraction of sp³-hybridized carbons (Fsp3) is 0.0500. The van der Waals surface area contributed by atoms with Crippen LogP contribution in [0.4, 0.5) is 0 Å². The summed E-state index contributed by atoms with van der Waals surface area (Å²) in [4.78, 5) is 16.6. The van der Waals surface area contributed by atoms with E-state index in [9.17, 15) is 4.79 Å². The SMILES string of the molecule is Cc1nn(-c2ccccc2)c(Cl)c1C=C1N=C(c2ccc(I)cc2)OC1=O. The molecule has 0 saturated heterocycles. The number of nitrogens with zero attached hydrogens (tertiary/aromatic N) is 3. The molecule has 0 radical (unpaired) electrons. The monoisotopic (exact) mass is 489 g/mol. The summed E-state index contributed by atoms with van der Waals surface area (Å²) >= 11 is 8.73. The summed E-state index contributed by atoms with van der Waals surface area (Å²) in [5.41, 5.74) is 3.12. The number of esters is 1. The zero-order valence-electron chi connectivity index (χ0n) is 14.2. The number of rotatable bonds is 3. The molecular weight excluding hydrogens is 477 g/mol. The molecule has 4 rings (SSSR count). The normalized spacial score (nSPS) is 15.1. The Morgan fingerprint density at radius 1 is 1.11 bits per heavy atom. The molecule has 3 aromatic rings. The van der Waals surface area contributed by atoms with Gasteiger partial charge >= 0.3 is 5.97 Å². The standard InChI is InChI=1S/C20H13ClIN3O2/c1-12-16(18(21)25(24-12)15-5-3-2-4-6-15)11-17-20(26)27-19(23-17)13-7-9-14(22)10-8-13/h2-11H,1H3. The van der Waals surface area contributed by atoms with Gasteiger partial charge in [-0.25, -0.2) is 14.5 Å². The number of benzene rings is 2. The van der Waals surface area contributed by atoms with Crippen molar-refractivity contribution in [3.05, 3.63) is 85.8 Å². The van der Waals surface area contributed by atoms with Gasteiger partial charge in [0, 0.05) is 14.7 Å². The minimum Gasteiger partial charge on any atom is -0.402 e. The Labute approximate surface area is 174 Å². The van der Waals surface area contributed by atoms with Crippen LogP contribution in [0, 0.1) is 10.5 Å².